The molecule has 0 saturated carbocycles. The highest BCUT2D eigenvalue weighted by atomic mass is 32.2. The number of nitrogens with one attached hydrogen (secondary N) is 1. The van der Waals surface area contributed by atoms with Crippen LogP contribution in [-0.2, 0) is 0 Å². The summed E-state index contributed by atoms with van der Waals surface area (Å²) in [4.78, 5) is 22.9. The van der Waals surface area contributed by atoms with Crippen LogP contribution in [0, 0.1) is 0 Å². The number of carbonyl (C=O) groups excluding carboxylic acids is 2. The average molecular weight is 251 g/mol. The Kier molecular flexibility index (Phi) is 3.69. The largest absolute Gasteiger partial charge is 0.311 e. The van der Waals surface area contributed by atoms with E-state index in [-0.39, 0.29) is 10.4 Å². The molecule has 1 heterocycles. The number of hydrogen-bond donors (Lipinski definition) is 1. The van der Waals surface area contributed by atoms with Gasteiger partial charge in [0, 0.05) is 11.3 Å². The lowest BCUT2D eigenvalue weighted by molar-refractivity contribution is 0.108. The molecule has 0 fully saturated rings. The Balaban J connectivity index is 2.03. The second kappa shape index (κ2) is 5.23. The summed E-state index contributed by atoms with van der Waals surface area (Å²) in [6, 6.07) is 9.01. The number of hydrogen-bond acceptors (Lipinski definition) is 4. The van der Waals surface area contributed by atoms with Gasteiger partial charge in [-0.1, -0.05) is 42.1 Å². The predicted octanol–water partition coefficient (Wildman–Crippen LogP) is 2.86. The lowest BCUT2D eigenvalue weighted by atomic mass is 10.2. The highest BCUT2D eigenvalue weighted by molar-refractivity contribution is 8.18. The van der Waals surface area contributed by atoms with Crippen molar-refractivity contribution in [2.45, 2.75) is 0 Å². The molecule has 16 heavy (non-hydrogen) atoms. The molecule has 0 radical (unpaired) electrons. The number of carbonyl (C=O) groups is 2. The lowest BCUT2D eigenvalue weighted by Crippen LogP contribution is -2.21. The number of benzene rings is 1. The second-order valence-electron chi connectivity index (χ2n) is 3.05. The van der Waals surface area contributed by atoms with Crippen LogP contribution in [0.1, 0.15) is 10.4 Å². The van der Waals surface area contributed by atoms with Gasteiger partial charge in [-0.15, -0.1) is 0 Å². The first-order valence-corrected chi connectivity index (χ1v) is 6.47. The standard InChI is InChI=1S/C11H9NO2S2/c13-10(8-4-2-1-3-5-8)16-9-6-7-15-11(14)12-9/h1-6H,7H2,(H,12,14). The van der Waals surface area contributed by atoms with Crippen molar-refractivity contribution in [1.29, 1.82) is 0 Å². The van der Waals surface area contributed by atoms with Gasteiger partial charge in [-0.3, -0.25) is 9.59 Å². The van der Waals surface area contributed by atoms with Gasteiger partial charge < -0.3 is 5.32 Å². The van der Waals surface area contributed by atoms with Gasteiger partial charge in [0.15, 0.2) is 0 Å². The molecule has 0 unspecified atom stereocenters. The fourth-order valence-corrected chi connectivity index (χ4v) is 2.70. The van der Waals surface area contributed by atoms with Crippen molar-refractivity contribution in [2.75, 3.05) is 5.75 Å². The summed E-state index contributed by atoms with van der Waals surface area (Å²) in [6.45, 7) is 0. The number of thioether (sulfide) groups is 2. The van der Waals surface area contributed by atoms with Crippen molar-refractivity contribution in [3.8, 4) is 0 Å². The van der Waals surface area contributed by atoms with Crippen molar-refractivity contribution in [1.82, 2.24) is 5.32 Å². The van der Waals surface area contributed by atoms with Gasteiger partial charge >= 0.3 is 0 Å². The third kappa shape index (κ3) is 2.90. The minimum atomic E-state index is -0.106. The predicted molar refractivity (Wildman–Crippen MR) is 67.4 cm³/mol. The van der Waals surface area contributed by atoms with Crippen molar-refractivity contribution in [3.63, 3.8) is 0 Å². The molecule has 1 aromatic carbocycles. The van der Waals surface area contributed by atoms with Crippen molar-refractivity contribution in [2.24, 2.45) is 0 Å². The highest BCUT2D eigenvalue weighted by Gasteiger charge is 2.15. The van der Waals surface area contributed by atoms with Gasteiger partial charge in [-0.25, -0.2) is 0 Å². The maximum atomic E-state index is 11.8. The zero-order chi connectivity index (χ0) is 11.4. The van der Waals surface area contributed by atoms with E-state index in [2.05, 4.69) is 5.32 Å². The zero-order valence-electron chi connectivity index (χ0n) is 8.30. The van der Waals surface area contributed by atoms with Crippen LogP contribution in [0.2, 0.25) is 0 Å². The molecule has 1 aliphatic rings. The summed E-state index contributed by atoms with van der Waals surface area (Å²) in [7, 11) is 0. The maximum absolute atomic E-state index is 11.8. The molecule has 1 aliphatic heterocycles. The first-order chi connectivity index (χ1) is 7.75. The Bertz CT molecular complexity index is 443. The minimum absolute atomic E-state index is 0.0564. The fourth-order valence-electron chi connectivity index (χ4n) is 1.18. The lowest BCUT2D eigenvalue weighted by Gasteiger charge is -2.12. The second-order valence-corrected chi connectivity index (χ2v) is 5.05. The Hall–Kier alpha value is -1.20. The quantitative estimate of drug-likeness (QED) is 0.878. The monoisotopic (exact) mass is 251 g/mol. The van der Waals surface area contributed by atoms with Crippen LogP contribution in [0.25, 0.3) is 0 Å². The molecule has 0 aliphatic carbocycles. The van der Waals surface area contributed by atoms with E-state index in [1.165, 1.54) is 11.8 Å². The topological polar surface area (TPSA) is 46.2 Å². The summed E-state index contributed by atoms with van der Waals surface area (Å²) in [5.74, 6) is 0.621. The van der Waals surface area contributed by atoms with Gasteiger partial charge in [0.25, 0.3) is 5.24 Å². The van der Waals surface area contributed by atoms with Crippen LogP contribution in [-0.4, -0.2) is 16.1 Å². The third-order valence-electron chi connectivity index (χ3n) is 1.92. The van der Waals surface area contributed by atoms with Crippen LogP contribution in [0.4, 0.5) is 4.79 Å². The average Bonchev–Trinajstić information content (AvgIpc) is 2.30. The van der Waals surface area contributed by atoms with Gasteiger partial charge in [0.2, 0.25) is 5.12 Å². The molecule has 1 aromatic rings. The van der Waals surface area contributed by atoms with Crippen molar-refractivity contribution in [3.05, 3.63) is 47.0 Å². The van der Waals surface area contributed by atoms with E-state index in [1.54, 1.807) is 12.1 Å². The van der Waals surface area contributed by atoms with Crippen LogP contribution in [0.15, 0.2) is 41.4 Å². The number of amides is 1. The SMILES string of the molecule is O=C1NC(SC(=O)c2ccccc2)=CCS1. The van der Waals surface area contributed by atoms with Crippen LogP contribution >= 0.6 is 23.5 Å². The smallest absolute Gasteiger partial charge is 0.284 e. The molecule has 1 N–H and O–H groups in total. The molecule has 82 valence electrons. The van der Waals surface area contributed by atoms with Gasteiger partial charge in [-0.2, -0.15) is 0 Å². The first kappa shape index (κ1) is 11.3. The molecule has 5 heteroatoms. The molecule has 0 bridgehead atoms. The Morgan fingerprint density at radius 2 is 2.06 bits per heavy atom. The molecule has 2 rings (SSSR count). The Morgan fingerprint density at radius 1 is 1.31 bits per heavy atom. The van der Waals surface area contributed by atoms with Crippen molar-refractivity contribution >= 4 is 33.9 Å². The minimum Gasteiger partial charge on any atom is -0.311 e. The van der Waals surface area contributed by atoms with E-state index in [4.69, 9.17) is 0 Å². The molecule has 0 atom stereocenters. The van der Waals surface area contributed by atoms with E-state index >= 15 is 0 Å². The molecular weight excluding hydrogens is 242 g/mol. The highest BCUT2D eigenvalue weighted by Crippen LogP contribution is 2.23. The first-order valence-electron chi connectivity index (χ1n) is 4.67. The molecule has 0 saturated heterocycles. The van der Waals surface area contributed by atoms with Gasteiger partial charge in [-0.05, 0) is 17.8 Å². The third-order valence-corrected chi connectivity index (χ3v) is 3.53. The van der Waals surface area contributed by atoms with Crippen LogP contribution < -0.4 is 5.32 Å². The molecule has 0 aromatic heterocycles. The summed E-state index contributed by atoms with van der Waals surface area (Å²) in [5, 5.41) is 3.10. The van der Waals surface area contributed by atoms with Gasteiger partial charge in [0.1, 0.15) is 0 Å². The Morgan fingerprint density at radius 3 is 2.75 bits per heavy atom. The summed E-state index contributed by atoms with van der Waals surface area (Å²) >= 11 is 2.25. The molecule has 0 spiro atoms. The summed E-state index contributed by atoms with van der Waals surface area (Å²) in [6.07, 6.45) is 1.84. The summed E-state index contributed by atoms with van der Waals surface area (Å²) in [5.41, 5.74) is 0.640. The maximum Gasteiger partial charge on any atom is 0.284 e. The molecule has 3 nitrogen and oxygen atoms in total. The van der Waals surface area contributed by atoms with Crippen molar-refractivity contribution < 1.29 is 9.59 Å². The van der Waals surface area contributed by atoms with E-state index in [1.807, 2.05) is 24.3 Å². The summed E-state index contributed by atoms with van der Waals surface area (Å²) < 4.78 is 0. The molecule has 1 amide bonds. The van der Waals surface area contributed by atoms with E-state index in [0.717, 1.165) is 11.8 Å². The normalized spacial score (nSPS) is 15.2. The molecular formula is C11H9NO2S2. The van der Waals surface area contributed by atoms with E-state index < -0.39 is 0 Å². The van der Waals surface area contributed by atoms with Crippen LogP contribution in [0.5, 0.6) is 0 Å². The van der Waals surface area contributed by atoms with Crippen LogP contribution in [0.3, 0.4) is 0 Å². The number of rotatable bonds is 2. The van der Waals surface area contributed by atoms with Gasteiger partial charge in [0.05, 0.1) is 5.03 Å². The fraction of sp³-hybridized carbons (Fsp3) is 0.0909. The zero-order valence-corrected chi connectivity index (χ0v) is 9.94. The Labute approximate surface area is 102 Å². The van der Waals surface area contributed by atoms with E-state index in [9.17, 15) is 9.59 Å². The van der Waals surface area contributed by atoms with E-state index in [0.29, 0.717) is 16.3 Å².